The van der Waals surface area contributed by atoms with Crippen molar-refractivity contribution in [3.8, 4) is 11.1 Å². The molecule has 1 aliphatic heterocycles. The Bertz CT molecular complexity index is 832. The number of aldehydes is 1. The number of anilines is 1. The Hall–Kier alpha value is -2.66. The lowest BCUT2D eigenvalue weighted by Gasteiger charge is -2.40. The van der Waals surface area contributed by atoms with Crippen molar-refractivity contribution in [2.75, 3.05) is 25.0 Å². The summed E-state index contributed by atoms with van der Waals surface area (Å²) < 4.78 is 0.685. The number of urea groups is 1. The molecule has 2 aromatic rings. The molecule has 1 saturated heterocycles. The lowest BCUT2D eigenvalue weighted by molar-refractivity contribution is -0.965. The number of hydrogen-bond donors (Lipinski definition) is 2. The minimum Gasteiger partial charge on any atom is -0.304 e. The van der Waals surface area contributed by atoms with E-state index in [4.69, 9.17) is 0 Å². The molecule has 0 radical (unpaired) electrons. The Morgan fingerprint density at radius 3 is 2.22 bits per heavy atom. The van der Waals surface area contributed by atoms with Gasteiger partial charge in [-0.05, 0) is 50.2 Å². The van der Waals surface area contributed by atoms with E-state index in [-0.39, 0.29) is 6.03 Å². The van der Waals surface area contributed by atoms with Gasteiger partial charge >= 0.3 is 6.03 Å². The quantitative estimate of drug-likeness (QED) is 0.232. The summed E-state index contributed by atoms with van der Waals surface area (Å²) >= 11 is 0. The van der Waals surface area contributed by atoms with E-state index in [1.165, 1.54) is 25.7 Å². The number of nitrogens with one attached hydrogen (secondary N) is 2. The molecule has 0 unspecified atom stereocenters. The summed E-state index contributed by atoms with van der Waals surface area (Å²) in [7, 11) is 0. The van der Waals surface area contributed by atoms with Gasteiger partial charge < -0.3 is 10.1 Å². The van der Waals surface area contributed by atoms with Crippen molar-refractivity contribution in [2.24, 2.45) is 0 Å². The van der Waals surface area contributed by atoms with Crippen LogP contribution in [-0.4, -0.2) is 36.5 Å². The maximum atomic E-state index is 13.0. The zero-order chi connectivity index (χ0) is 22.5. The number of unbranched alkanes of at least 4 members (excludes halogenated alkanes) is 6. The number of carbonyl (C=O) groups is 2. The van der Waals surface area contributed by atoms with Crippen LogP contribution in [0.5, 0.6) is 0 Å². The Morgan fingerprint density at radius 2 is 1.47 bits per heavy atom. The van der Waals surface area contributed by atoms with E-state index in [2.05, 4.69) is 22.9 Å². The number of carbonyl (C=O) groups excluding carboxylic acids is 2. The normalized spacial score (nSPS) is 15.1. The van der Waals surface area contributed by atoms with Crippen LogP contribution in [0.15, 0.2) is 54.6 Å². The molecule has 3 rings (SSSR count). The predicted molar refractivity (Wildman–Crippen MR) is 131 cm³/mol. The molecule has 172 valence electrons. The van der Waals surface area contributed by atoms with Crippen LogP contribution in [0.1, 0.15) is 64.2 Å². The third kappa shape index (κ3) is 7.49. The summed E-state index contributed by atoms with van der Waals surface area (Å²) in [5.41, 5.74) is 6.29. The van der Waals surface area contributed by atoms with Crippen LogP contribution in [0.25, 0.3) is 11.1 Å². The van der Waals surface area contributed by atoms with Crippen molar-refractivity contribution in [1.82, 2.24) is 5.43 Å². The highest BCUT2D eigenvalue weighted by Crippen LogP contribution is 2.27. The maximum absolute atomic E-state index is 13.0. The van der Waals surface area contributed by atoms with Gasteiger partial charge in [-0.2, -0.15) is 5.43 Å². The van der Waals surface area contributed by atoms with Gasteiger partial charge in [0.05, 0.1) is 5.69 Å². The number of rotatable bonds is 12. The molecular weight excluding hydrogens is 398 g/mol. The number of para-hydroxylation sites is 1. The van der Waals surface area contributed by atoms with Gasteiger partial charge in [-0.1, -0.05) is 67.8 Å². The number of hydrogen-bond acceptors (Lipinski definition) is 2. The van der Waals surface area contributed by atoms with E-state index in [1.807, 2.05) is 42.5 Å². The van der Waals surface area contributed by atoms with Crippen LogP contribution in [0.2, 0.25) is 0 Å². The van der Waals surface area contributed by atoms with Gasteiger partial charge in [0.25, 0.3) is 0 Å². The standard InChI is InChI=1S/C27H37N3O2/c31-23-15-5-3-1-2-4-12-20-30(21-13-7-14-22-30)29-27(32)28-26-19-11-10-18-25(26)24-16-8-6-9-17-24/h6,8-11,16-19,23H,1-5,7,12-15,20-22H2,(H-,28,29,32)/p+1. The average molecular weight is 437 g/mol. The highest BCUT2D eigenvalue weighted by Gasteiger charge is 2.32. The van der Waals surface area contributed by atoms with Gasteiger partial charge in [0.1, 0.15) is 25.9 Å². The fraction of sp³-hybridized carbons (Fsp3) is 0.481. The SMILES string of the molecule is O=CCCCCCCCC[N+]1(NC(=O)Nc2ccccc2-c2ccccc2)CCCCC1. The van der Waals surface area contributed by atoms with Gasteiger partial charge in [0.15, 0.2) is 0 Å². The Morgan fingerprint density at radius 1 is 0.812 bits per heavy atom. The van der Waals surface area contributed by atoms with E-state index in [1.54, 1.807) is 0 Å². The van der Waals surface area contributed by atoms with Crippen molar-refractivity contribution in [1.29, 1.82) is 0 Å². The Balaban J connectivity index is 1.54. The minimum absolute atomic E-state index is 0.121. The number of benzene rings is 2. The van der Waals surface area contributed by atoms with Gasteiger partial charge in [0.2, 0.25) is 0 Å². The summed E-state index contributed by atoms with van der Waals surface area (Å²) in [5, 5.41) is 3.12. The first-order valence-electron chi connectivity index (χ1n) is 12.3. The molecule has 0 bridgehead atoms. The third-order valence-electron chi connectivity index (χ3n) is 6.43. The van der Waals surface area contributed by atoms with Gasteiger partial charge in [-0.15, -0.1) is 0 Å². The summed E-state index contributed by atoms with van der Waals surface area (Å²) in [6, 6.07) is 18.0. The molecule has 0 atom stereocenters. The highest BCUT2D eigenvalue weighted by molar-refractivity contribution is 5.93. The second-order valence-corrected chi connectivity index (χ2v) is 8.93. The molecule has 5 heteroatoms. The van der Waals surface area contributed by atoms with E-state index in [0.29, 0.717) is 11.0 Å². The molecule has 32 heavy (non-hydrogen) atoms. The van der Waals surface area contributed by atoms with E-state index in [0.717, 1.165) is 74.8 Å². The average Bonchev–Trinajstić information content (AvgIpc) is 2.82. The number of piperidine rings is 1. The smallest absolute Gasteiger partial charge is 0.304 e. The molecule has 2 N–H and O–H groups in total. The number of nitrogens with zero attached hydrogens (tertiary/aromatic N) is 1. The van der Waals surface area contributed by atoms with Crippen molar-refractivity contribution < 1.29 is 14.2 Å². The Labute approximate surface area is 192 Å². The van der Waals surface area contributed by atoms with Crippen molar-refractivity contribution in [3.63, 3.8) is 0 Å². The van der Waals surface area contributed by atoms with Crippen LogP contribution < -0.4 is 10.7 Å². The first-order valence-corrected chi connectivity index (χ1v) is 12.3. The second-order valence-electron chi connectivity index (χ2n) is 8.93. The maximum Gasteiger partial charge on any atom is 0.363 e. The number of amides is 2. The summed E-state index contributed by atoms with van der Waals surface area (Å²) in [6.07, 6.45) is 12.1. The fourth-order valence-corrected chi connectivity index (χ4v) is 4.69. The highest BCUT2D eigenvalue weighted by atomic mass is 16.2. The molecule has 2 aromatic carbocycles. The molecule has 1 aliphatic rings. The lowest BCUT2D eigenvalue weighted by atomic mass is 10.0. The fourth-order valence-electron chi connectivity index (χ4n) is 4.69. The summed E-state index contributed by atoms with van der Waals surface area (Å²) in [5.74, 6) is 0. The van der Waals surface area contributed by atoms with Crippen molar-refractivity contribution in [2.45, 2.75) is 64.2 Å². The van der Waals surface area contributed by atoms with Gasteiger partial charge in [-0.25, -0.2) is 9.39 Å². The molecule has 1 heterocycles. The zero-order valence-corrected chi connectivity index (χ0v) is 19.2. The molecule has 5 nitrogen and oxygen atoms in total. The van der Waals surface area contributed by atoms with Crippen LogP contribution in [0.4, 0.5) is 10.5 Å². The van der Waals surface area contributed by atoms with E-state index < -0.39 is 0 Å². The number of quaternary nitrogens is 1. The molecule has 0 aromatic heterocycles. The molecule has 1 fully saturated rings. The molecule has 0 aliphatic carbocycles. The minimum atomic E-state index is -0.121. The predicted octanol–water partition coefficient (Wildman–Crippen LogP) is 6.32. The first kappa shape index (κ1) is 24.0. The van der Waals surface area contributed by atoms with E-state index >= 15 is 0 Å². The van der Waals surface area contributed by atoms with Gasteiger partial charge in [0, 0.05) is 12.0 Å². The number of likely N-dealkylation sites (tertiary alicyclic amines) is 1. The van der Waals surface area contributed by atoms with Crippen LogP contribution in [0.3, 0.4) is 0 Å². The zero-order valence-electron chi connectivity index (χ0n) is 19.2. The van der Waals surface area contributed by atoms with Crippen LogP contribution in [0, 0.1) is 0 Å². The van der Waals surface area contributed by atoms with E-state index in [9.17, 15) is 9.59 Å². The molecule has 2 amide bonds. The monoisotopic (exact) mass is 436 g/mol. The second kappa shape index (κ2) is 13.0. The van der Waals surface area contributed by atoms with Crippen molar-refractivity contribution in [3.05, 3.63) is 54.6 Å². The van der Waals surface area contributed by atoms with Gasteiger partial charge in [-0.3, -0.25) is 0 Å². The lowest BCUT2D eigenvalue weighted by Crippen LogP contribution is -2.63. The third-order valence-corrected chi connectivity index (χ3v) is 6.43. The molecule has 0 saturated carbocycles. The Kier molecular flexibility index (Phi) is 9.76. The van der Waals surface area contributed by atoms with Crippen LogP contribution in [-0.2, 0) is 4.79 Å². The summed E-state index contributed by atoms with van der Waals surface area (Å²) in [4.78, 5) is 23.4. The topological polar surface area (TPSA) is 58.2 Å². The molecule has 0 spiro atoms. The van der Waals surface area contributed by atoms with Crippen molar-refractivity contribution >= 4 is 18.0 Å². The first-order chi connectivity index (χ1) is 15.7. The van der Waals surface area contributed by atoms with Crippen LogP contribution >= 0.6 is 0 Å². The largest absolute Gasteiger partial charge is 0.363 e. The summed E-state index contributed by atoms with van der Waals surface area (Å²) in [6.45, 7) is 3.00. The molecular formula is C27H38N3O2+.